The lowest BCUT2D eigenvalue weighted by atomic mass is 9.92. The molecule has 2 atom stereocenters. The van der Waals surface area contributed by atoms with E-state index < -0.39 is 38.1 Å². The summed E-state index contributed by atoms with van der Waals surface area (Å²) in [6, 6.07) is 6.72. The summed E-state index contributed by atoms with van der Waals surface area (Å²) < 4.78 is 45.5. The normalized spacial score (nSPS) is 24.2. The molecule has 0 bridgehead atoms. The van der Waals surface area contributed by atoms with Crippen LogP contribution in [-0.2, 0) is 25.8 Å². The number of amides is 1. The molecule has 0 radical (unpaired) electrons. The fourth-order valence-corrected chi connectivity index (χ4v) is 7.74. The monoisotopic (exact) mass is 443 g/mol. The number of ether oxygens (including phenoxy) is 1. The molecule has 2 aliphatic rings. The third-order valence-corrected chi connectivity index (χ3v) is 9.31. The van der Waals surface area contributed by atoms with Crippen LogP contribution in [0.15, 0.2) is 34.5 Å². The van der Waals surface area contributed by atoms with Gasteiger partial charge in [0.25, 0.3) is 0 Å². The molecule has 0 spiro atoms. The number of thiophene rings is 1. The molecule has 28 heavy (non-hydrogen) atoms. The highest BCUT2D eigenvalue weighted by Crippen LogP contribution is 2.50. The van der Waals surface area contributed by atoms with Crippen molar-refractivity contribution in [3.8, 4) is 5.75 Å². The van der Waals surface area contributed by atoms with E-state index in [2.05, 4.69) is 0 Å². The number of hydrogen-bond acceptors (Lipinski definition) is 6. The maximum Gasteiger partial charge on any atom is 0.228 e. The van der Waals surface area contributed by atoms with Crippen LogP contribution in [-0.4, -0.2) is 43.5 Å². The molecule has 1 aromatic heterocycles. The average molecular weight is 444 g/mol. The van der Waals surface area contributed by atoms with Crippen molar-refractivity contribution in [2.45, 2.75) is 21.9 Å². The Morgan fingerprint density at radius 2 is 2.07 bits per heavy atom. The van der Waals surface area contributed by atoms with Gasteiger partial charge >= 0.3 is 0 Å². The second-order valence-electron chi connectivity index (χ2n) is 6.75. The molecule has 0 N–H and O–H groups in total. The number of Topliss-reactive ketones (excluding diaryl/α,β-unsaturated/α-hetero) is 1. The lowest BCUT2D eigenvalue weighted by Gasteiger charge is -2.44. The number of benzene rings is 1. The van der Waals surface area contributed by atoms with E-state index in [4.69, 9.17) is 16.3 Å². The van der Waals surface area contributed by atoms with Crippen LogP contribution in [0.3, 0.4) is 0 Å². The molecular weight excluding hydrogens is 429 g/mol. The number of carbonyl (C=O) groups is 2. The molecule has 2 saturated heterocycles. The van der Waals surface area contributed by atoms with Crippen LogP contribution in [0, 0.1) is 11.7 Å². The minimum Gasteiger partial charge on any atom is -0.496 e. The van der Waals surface area contributed by atoms with E-state index in [0.29, 0.717) is 11.3 Å². The van der Waals surface area contributed by atoms with Crippen LogP contribution in [0.25, 0.3) is 0 Å². The Labute approximate surface area is 169 Å². The quantitative estimate of drug-likeness (QED) is 0.664. The molecule has 4 rings (SSSR count). The van der Waals surface area contributed by atoms with Gasteiger partial charge in [0.1, 0.15) is 15.8 Å². The fourth-order valence-electron chi connectivity index (χ4n) is 3.91. The number of halogens is 2. The zero-order chi connectivity index (χ0) is 20.3. The molecule has 1 amide bonds. The number of fused-ring (bicyclic) bond motifs is 1. The van der Waals surface area contributed by atoms with Gasteiger partial charge in [0, 0.05) is 12.5 Å². The Hall–Kier alpha value is -1.97. The summed E-state index contributed by atoms with van der Waals surface area (Å²) in [6.07, 6.45) is -0.313. The van der Waals surface area contributed by atoms with Gasteiger partial charge in [-0.05, 0) is 42.3 Å². The van der Waals surface area contributed by atoms with Crippen molar-refractivity contribution in [2.24, 2.45) is 5.92 Å². The third kappa shape index (κ3) is 2.60. The SMILES string of the molecule is COc1ccc(F)cc1CC1CN2C(=O)CC2(S(=O)(=O)c2ccc(Cl)s2)C1=O. The maximum atomic E-state index is 13.7. The minimum absolute atomic E-state index is 0.0321. The molecule has 2 fully saturated rings. The largest absolute Gasteiger partial charge is 0.496 e. The molecule has 6 nitrogen and oxygen atoms in total. The van der Waals surface area contributed by atoms with Gasteiger partial charge in [-0.25, -0.2) is 12.8 Å². The van der Waals surface area contributed by atoms with Gasteiger partial charge in [0.05, 0.1) is 17.9 Å². The smallest absolute Gasteiger partial charge is 0.228 e. The van der Waals surface area contributed by atoms with Gasteiger partial charge in [-0.15, -0.1) is 11.3 Å². The van der Waals surface area contributed by atoms with Crippen LogP contribution in [0.2, 0.25) is 4.34 Å². The van der Waals surface area contributed by atoms with Crippen molar-refractivity contribution in [3.63, 3.8) is 0 Å². The second-order valence-corrected chi connectivity index (χ2v) is 10.8. The third-order valence-electron chi connectivity index (χ3n) is 5.25. The highest BCUT2D eigenvalue weighted by atomic mass is 35.5. The van der Waals surface area contributed by atoms with Gasteiger partial charge in [-0.2, -0.15) is 0 Å². The molecule has 2 aliphatic heterocycles. The summed E-state index contributed by atoms with van der Waals surface area (Å²) in [5.41, 5.74) is 0.447. The molecule has 2 unspecified atom stereocenters. The van der Waals surface area contributed by atoms with Crippen LogP contribution >= 0.6 is 22.9 Å². The zero-order valence-corrected chi connectivity index (χ0v) is 17.0. The van der Waals surface area contributed by atoms with E-state index in [-0.39, 0.29) is 27.9 Å². The van der Waals surface area contributed by atoms with Crippen LogP contribution in [0.4, 0.5) is 4.39 Å². The molecule has 1 aromatic carbocycles. The van der Waals surface area contributed by atoms with Crippen molar-refractivity contribution in [3.05, 3.63) is 46.0 Å². The zero-order valence-electron chi connectivity index (χ0n) is 14.6. The van der Waals surface area contributed by atoms with E-state index in [1.807, 2.05) is 0 Å². The maximum absolute atomic E-state index is 13.7. The van der Waals surface area contributed by atoms with E-state index in [9.17, 15) is 22.4 Å². The first-order valence-corrected chi connectivity index (χ1v) is 11.1. The highest BCUT2D eigenvalue weighted by Gasteiger charge is 2.71. The standard InChI is InChI=1S/C18H15ClFNO5S2/c1-26-13-3-2-12(20)7-10(13)6-11-9-21-15(22)8-18(21,17(11)23)28(24,25)16-5-4-14(19)27-16/h2-5,7,11H,6,8-9H2,1H3. The molecule has 2 aromatic rings. The van der Waals surface area contributed by atoms with E-state index in [0.717, 1.165) is 16.2 Å². The number of hydrogen-bond donors (Lipinski definition) is 0. The molecule has 3 heterocycles. The summed E-state index contributed by atoms with van der Waals surface area (Å²) in [5.74, 6) is -1.81. The average Bonchev–Trinajstić information content (AvgIpc) is 3.17. The number of rotatable bonds is 5. The Bertz CT molecular complexity index is 1100. The van der Waals surface area contributed by atoms with Crippen LogP contribution in [0.5, 0.6) is 5.75 Å². The summed E-state index contributed by atoms with van der Waals surface area (Å²) in [6.45, 7) is -0.0321. The lowest BCUT2D eigenvalue weighted by molar-refractivity contribution is -0.150. The van der Waals surface area contributed by atoms with Gasteiger partial charge in [0.15, 0.2) is 5.78 Å². The topological polar surface area (TPSA) is 80.8 Å². The van der Waals surface area contributed by atoms with E-state index in [1.165, 1.54) is 37.4 Å². The number of β-lactam (4-membered cyclic amide) rings is 1. The Morgan fingerprint density at radius 1 is 1.32 bits per heavy atom. The van der Waals surface area contributed by atoms with Gasteiger partial charge in [0.2, 0.25) is 20.6 Å². The van der Waals surface area contributed by atoms with E-state index >= 15 is 0 Å². The van der Waals surface area contributed by atoms with Crippen LogP contribution in [0.1, 0.15) is 12.0 Å². The first-order chi connectivity index (χ1) is 13.2. The summed E-state index contributed by atoms with van der Waals surface area (Å²) >= 11 is 6.71. The Balaban J connectivity index is 1.71. The van der Waals surface area contributed by atoms with Crippen molar-refractivity contribution >= 4 is 44.5 Å². The molecule has 10 heteroatoms. The summed E-state index contributed by atoms with van der Waals surface area (Å²) in [4.78, 5) is 24.6. The Morgan fingerprint density at radius 3 is 2.68 bits per heavy atom. The second kappa shape index (κ2) is 6.53. The molecule has 148 valence electrons. The first-order valence-electron chi connectivity index (χ1n) is 8.38. The predicted molar refractivity (Wildman–Crippen MR) is 101 cm³/mol. The lowest BCUT2D eigenvalue weighted by Crippen LogP contribution is -2.67. The van der Waals surface area contributed by atoms with Crippen molar-refractivity contribution in [2.75, 3.05) is 13.7 Å². The fraction of sp³-hybridized carbons (Fsp3) is 0.333. The number of methoxy groups -OCH3 is 1. The van der Waals surface area contributed by atoms with Gasteiger partial charge < -0.3 is 9.64 Å². The number of nitrogens with zero attached hydrogens (tertiary/aromatic N) is 1. The van der Waals surface area contributed by atoms with Crippen molar-refractivity contribution in [1.29, 1.82) is 0 Å². The van der Waals surface area contributed by atoms with Gasteiger partial charge in [-0.1, -0.05) is 11.6 Å². The highest BCUT2D eigenvalue weighted by molar-refractivity contribution is 7.95. The van der Waals surface area contributed by atoms with E-state index in [1.54, 1.807) is 0 Å². The number of carbonyl (C=O) groups excluding carboxylic acids is 2. The molecule has 0 aliphatic carbocycles. The molecule has 0 saturated carbocycles. The van der Waals surface area contributed by atoms with Crippen molar-refractivity contribution in [1.82, 2.24) is 4.90 Å². The predicted octanol–water partition coefficient (Wildman–Crippen LogP) is 2.69. The van der Waals surface area contributed by atoms with Crippen molar-refractivity contribution < 1.29 is 27.1 Å². The minimum atomic E-state index is -4.13. The first kappa shape index (κ1) is 19.4. The summed E-state index contributed by atoms with van der Waals surface area (Å²) in [7, 11) is -2.70. The Kier molecular flexibility index (Phi) is 4.52. The number of sulfone groups is 1. The van der Waals surface area contributed by atoms with Crippen LogP contribution < -0.4 is 4.74 Å². The number of ketones is 1. The summed E-state index contributed by atoms with van der Waals surface area (Å²) in [5, 5.41) is 0. The molecular formula is C18H15ClFNO5S2. The van der Waals surface area contributed by atoms with Gasteiger partial charge in [-0.3, -0.25) is 9.59 Å².